The van der Waals surface area contributed by atoms with Crippen molar-refractivity contribution >= 4 is 17.3 Å². The molecule has 1 rings (SSSR count). The zero-order valence-electron chi connectivity index (χ0n) is 14.5. The number of thiazole rings is 1. The van der Waals surface area contributed by atoms with E-state index in [-0.39, 0.29) is 0 Å². The average Bonchev–Trinajstić information content (AvgIpc) is 3.00. The van der Waals surface area contributed by atoms with Crippen molar-refractivity contribution in [2.75, 3.05) is 39.8 Å². The molecule has 0 aliphatic carbocycles. The predicted octanol–water partition coefficient (Wildman–Crippen LogP) is 2.14. The van der Waals surface area contributed by atoms with E-state index >= 15 is 0 Å². The molecule has 0 atom stereocenters. The second-order valence-corrected chi connectivity index (χ2v) is 6.38. The number of guanidine groups is 1. The van der Waals surface area contributed by atoms with Gasteiger partial charge in [-0.15, -0.1) is 11.3 Å². The Morgan fingerprint density at radius 2 is 2.00 bits per heavy atom. The first-order valence-electron chi connectivity index (χ1n) is 8.33. The van der Waals surface area contributed by atoms with E-state index in [9.17, 15) is 0 Å². The van der Waals surface area contributed by atoms with E-state index in [1.807, 2.05) is 13.2 Å². The van der Waals surface area contributed by atoms with Crippen LogP contribution in [0.3, 0.4) is 0 Å². The van der Waals surface area contributed by atoms with Crippen molar-refractivity contribution in [2.24, 2.45) is 4.99 Å². The van der Waals surface area contributed by atoms with Gasteiger partial charge in [-0.3, -0.25) is 4.99 Å². The van der Waals surface area contributed by atoms with Crippen LogP contribution in [0.5, 0.6) is 0 Å². The zero-order valence-corrected chi connectivity index (χ0v) is 15.3. The Balaban J connectivity index is 2.22. The Kier molecular flexibility index (Phi) is 9.82. The molecule has 0 aromatic carbocycles. The quantitative estimate of drug-likeness (QED) is 0.511. The molecule has 0 aliphatic heterocycles. The molecule has 1 aromatic heterocycles. The summed E-state index contributed by atoms with van der Waals surface area (Å²) in [5.41, 5.74) is 0. The van der Waals surface area contributed by atoms with Crippen LogP contribution >= 0.6 is 11.3 Å². The van der Waals surface area contributed by atoms with Gasteiger partial charge in [-0.05, 0) is 25.9 Å². The van der Waals surface area contributed by atoms with E-state index < -0.39 is 0 Å². The molecule has 0 spiro atoms. The fourth-order valence-electron chi connectivity index (χ4n) is 2.21. The van der Waals surface area contributed by atoms with Gasteiger partial charge >= 0.3 is 0 Å². The third kappa shape index (κ3) is 7.22. The molecule has 0 saturated carbocycles. The van der Waals surface area contributed by atoms with Gasteiger partial charge in [0.05, 0.1) is 5.01 Å². The third-order valence-electron chi connectivity index (χ3n) is 3.51. The number of aromatic nitrogens is 1. The van der Waals surface area contributed by atoms with Gasteiger partial charge in [0.2, 0.25) is 0 Å². The molecule has 1 heterocycles. The van der Waals surface area contributed by atoms with Crippen molar-refractivity contribution in [1.29, 1.82) is 0 Å². The number of aryl methyl sites for hydroxylation is 1. The van der Waals surface area contributed by atoms with E-state index in [4.69, 9.17) is 0 Å². The van der Waals surface area contributed by atoms with E-state index in [1.54, 1.807) is 11.3 Å². The molecule has 0 bridgehead atoms. The maximum absolute atomic E-state index is 4.44. The Labute approximate surface area is 139 Å². The predicted molar refractivity (Wildman–Crippen MR) is 97.0 cm³/mol. The maximum Gasteiger partial charge on any atom is 0.191 e. The summed E-state index contributed by atoms with van der Waals surface area (Å²) >= 11 is 1.80. The van der Waals surface area contributed by atoms with Crippen molar-refractivity contribution in [3.63, 3.8) is 0 Å². The van der Waals surface area contributed by atoms with Crippen LogP contribution in [0.1, 0.15) is 37.1 Å². The molecule has 0 radical (unpaired) electrons. The fourth-order valence-corrected chi connectivity index (χ4v) is 3.07. The lowest BCUT2D eigenvalue weighted by Gasteiger charge is -2.20. The maximum atomic E-state index is 4.44. The summed E-state index contributed by atoms with van der Waals surface area (Å²) in [6.45, 7) is 11.7. The van der Waals surface area contributed by atoms with Gasteiger partial charge in [-0.2, -0.15) is 0 Å². The Hall–Kier alpha value is -1.14. The molecule has 0 fully saturated rings. The number of hydrogen-bond acceptors (Lipinski definition) is 4. The van der Waals surface area contributed by atoms with Gasteiger partial charge in [0.25, 0.3) is 0 Å². The van der Waals surface area contributed by atoms with Crippen molar-refractivity contribution in [3.8, 4) is 0 Å². The molecular weight excluding hydrogens is 294 g/mol. The van der Waals surface area contributed by atoms with Gasteiger partial charge in [-0.25, -0.2) is 4.98 Å². The second-order valence-electron chi connectivity index (χ2n) is 5.18. The highest BCUT2D eigenvalue weighted by atomic mass is 32.1. The molecule has 0 unspecified atom stereocenters. The molecule has 6 heteroatoms. The number of nitrogens with zero attached hydrogens (tertiary/aromatic N) is 3. The smallest absolute Gasteiger partial charge is 0.191 e. The lowest BCUT2D eigenvalue weighted by atomic mass is 10.4. The summed E-state index contributed by atoms with van der Waals surface area (Å²) in [4.78, 5) is 12.5. The van der Waals surface area contributed by atoms with Crippen molar-refractivity contribution in [2.45, 2.75) is 40.0 Å². The Morgan fingerprint density at radius 3 is 2.59 bits per heavy atom. The highest BCUT2D eigenvalue weighted by Gasteiger charge is 2.03. The minimum Gasteiger partial charge on any atom is -0.356 e. The van der Waals surface area contributed by atoms with Crippen LogP contribution in [0.15, 0.2) is 11.2 Å². The highest BCUT2D eigenvalue weighted by Crippen LogP contribution is 2.13. The molecule has 5 nitrogen and oxygen atoms in total. The fraction of sp³-hybridized carbons (Fsp3) is 0.750. The van der Waals surface area contributed by atoms with Crippen LogP contribution in [0.4, 0.5) is 0 Å². The van der Waals surface area contributed by atoms with Crippen LogP contribution in [-0.2, 0) is 12.8 Å². The molecule has 22 heavy (non-hydrogen) atoms. The molecule has 2 N–H and O–H groups in total. The van der Waals surface area contributed by atoms with Crippen LogP contribution in [0.2, 0.25) is 0 Å². The second kappa shape index (κ2) is 11.4. The zero-order chi connectivity index (χ0) is 16.2. The highest BCUT2D eigenvalue weighted by molar-refractivity contribution is 7.11. The van der Waals surface area contributed by atoms with Gasteiger partial charge in [0, 0.05) is 44.2 Å². The lowest BCUT2D eigenvalue weighted by molar-refractivity contribution is 0.293. The van der Waals surface area contributed by atoms with Crippen LogP contribution < -0.4 is 10.6 Å². The molecule has 0 saturated heterocycles. The number of nitrogens with one attached hydrogen (secondary N) is 2. The van der Waals surface area contributed by atoms with Crippen LogP contribution in [-0.4, -0.2) is 55.6 Å². The topological polar surface area (TPSA) is 52.5 Å². The van der Waals surface area contributed by atoms with E-state index in [1.165, 1.54) is 16.3 Å². The van der Waals surface area contributed by atoms with Gasteiger partial charge in [0.1, 0.15) is 0 Å². The average molecular weight is 326 g/mol. The van der Waals surface area contributed by atoms with Gasteiger partial charge < -0.3 is 15.5 Å². The van der Waals surface area contributed by atoms with Crippen molar-refractivity contribution in [3.05, 3.63) is 16.1 Å². The Morgan fingerprint density at radius 1 is 1.23 bits per heavy atom. The monoisotopic (exact) mass is 325 g/mol. The number of hydrogen-bond donors (Lipinski definition) is 2. The van der Waals surface area contributed by atoms with Crippen molar-refractivity contribution in [1.82, 2.24) is 20.5 Å². The van der Waals surface area contributed by atoms with E-state index in [0.717, 1.165) is 51.5 Å². The summed E-state index contributed by atoms with van der Waals surface area (Å²) in [5, 5.41) is 7.93. The van der Waals surface area contributed by atoms with Gasteiger partial charge in [0.15, 0.2) is 5.96 Å². The first-order valence-corrected chi connectivity index (χ1v) is 9.15. The first kappa shape index (κ1) is 18.9. The lowest BCUT2D eigenvalue weighted by Crippen LogP contribution is -2.42. The van der Waals surface area contributed by atoms with Crippen molar-refractivity contribution < 1.29 is 0 Å². The van der Waals surface area contributed by atoms with Gasteiger partial charge in [-0.1, -0.05) is 20.8 Å². The largest absolute Gasteiger partial charge is 0.356 e. The molecular formula is C16H31N5S. The molecule has 0 aliphatic rings. The molecule has 1 aromatic rings. The van der Waals surface area contributed by atoms with E-state index in [2.05, 4.69) is 46.3 Å². The molecule has 0 amide bonds. The molecule has 126 valence electrons. The summed E-state index contributed by atoms with van der Waals surface area (Å²) in [6.07, 6.45) is 5.21. The normalized spacial score (nSPS) is 12.0. The summed E-state index contributed by atoms with van der Waals surface area (Å²) in [5.74, 6) is 0.875. The minimum atomic E-state index is 0.864. The minimum absolute atomic E-state index is 0.864. The summed E-state index contributed by atoms with van der Waals surface area (Å²) in [6, 6.07) is 0. The number of aliphatic imine (C=N–C) groups is 1. The Bertz CT molecular complexity index is 430. The number of likely N-dealkylation sites (N-methyl/N-ethyl adjacent to an activating group) is 1. The third-order valence-corrected chi connectivity index (χ3v) is 4.71. The summed E-state index contributed by atoms with van der Waals surface area (Å²) < 4.78 is 0. The number of rotatable bonds is 10. The standard InChI is InChI=1S/C16H31N5S/c1-5-11-21(7-3)12-10-19-16(17-4)18-9-8-15-20-13-14(6-2)22-15/h13H,5-12H2,1-4H3,(H2,17,18,19). The summed E-state index contributed by atoms with van der Waals surface area (Å²) in [7, 11) is 1.82. The van der Waals surface area contributed by atoms with E-state index in [0.29, 0.717) is 0 Å². The first-order chi connectivity index (χ1) is 10.7. The van der Waals surface area contributed by atoms with Crippen LogP contribution in [0, 0.1) is 0 Å². The van der Waals surface area contributed by atoms with Crippen LogP contribution in [0.25, 0.3) is 0 Å². The SMILES string of the molecule is CCCN(CC)CCNC(=NC)NCCc1ncc(CC)s1.